The molecule has 0 amide bonds. The van der Waals surface area contributed by atoms with Crippen LogP contribution in [0, 0.1) is 5.92 Å². The van der Waals surface area contributed by atoms with E-state index in [-0.39, 0.29) is 17.2 Å². The van der Waals surface area contributed by atoms with Gasteiger partial charge >= 0.3 is 5.69 Å². The first-order valence-electron chi connectivity index (χ1n) is 11.1. The summed E-state index contributed by atoms with van der Waals surface area (Å²) in [5.41, 5.74) is 1.75. The summed E-state index contributed by atoms with van der Waals surface area (Å²) in [6.45, 7) is 5.05. The molecule has 0 aliphatic rings. The Bertz CT molecular complexity index is 1560. The van der Waals surface area contributed by atoms with Gasteiger partial charge in [-0.25, -0.2) is 4.79 Å². The molecule has 0 spiro atoms. The van der Waals surface area contributed by atoms with Crippen molar-refractivity contribution >= 4 is 37.8 Å². The number of nitrogens with zero attached hydrogens (tertiary/aromatic N) is 3. The van der Waals surface area contributed by atoms with Crippen molar-refractivity contribution in [1.29, 1.82) is 0 Å². The number of para-hydroxylation sites is 1. The van der Waals surface area contributed by atoms with Crippen molar-refractivity contribution in [2.75, 3.05) is 11.6 Å². The number of hydrogen-bond acceptors (Lipinski definition) is 4. The summed E-state index contributed by atoms with van der Waals surface area (Å²) in [4.78, 5) is 26.9. The third-order valence-corrected chi connectivity index (χ3v) is 7.01. The Morgan fingerprint density at radius 3 is 2.26 bits per heavy atom. The van der Waals surface area contributed by atoms with Crippen molar-refractivity contribution in [3.05, 3.63) is 87.2 Å². The maximum Gasteiger partial charge on any atom is 0.331 e. The quantitative estimate of drug-likeness (QED) is 0.411. The first kappa shape index (κ1) is 23.6. The molecule has 0 aliphatic carbocycles. The Hall–Kier alpha value is -3.52. The lowest BCUT2D eigenvalue weighted by Gasteiger charge is -2.13. The van der Waals surface area contributed by atoms with Gasteiger partial charge in [0.1, 0.15) is 11.2 Å². The van der Waals surface area contributed by atoms with Crippen molar-refractivity contribution in [1.82, 2.24) is 13.7 Å². The van der Waals surface area contributed by atoms with Gasteiger partial charge in [-0.15, -0.1) is 0 Å². The van der Waals surface area contributed by atoms with E-state index in [1.165, 1.54) is 11.6 Å². The van der Waals surface area contributed by atoms with Gasteiger partial charge in [-0.2, -0.15) is 0 Å². The van der Waals surface area contributed by atoms with Gasteiger partial charge in [0.15, 0.2) is 0 Å². The molecule has 8 heteroatoms. The average molecular weight is 479 g/mol. The Balaban J connectivity index is 1.92. The molecule has 1 atom stereocenters. The van der Waals surface area contributed by atoms with Gasteiger partial charge in [0, 0.05) is 43.2 Å². The van der Waals surface area contributed by atoms with Crippen LogP contribution in [0.2, 0.25) is 0 Å². The van der Waals surface area contributed by atoms with E-state index in [0.717, 1.165) is 11.3 Å². The largest absolute Gasteiger partial charge is 0.341 e. The molecule has 178 valence electrons. The topological polar surface area (TPSA) is 78.0 Å². The fourth-order valence-electron chi connectivity index (χ4n) is 4.03. The first-order valence-corrected chi connectivity index (χ1v) is 13.3. The van der Waals surface area contributed by atoms with Gasteiger partial charge in [0.2, 0.25) is 0 Å². The summed E-state index contributed by atoms with van der Waals surface area (Å²) in [6, 6.07) is 17.1. The van der Waals surface area contributed by atoms with Crippen LogP contribution in [-0.4, -0.2) is 30.0 Å². The average Bonchev–Trinajstić information content (AvgIpc) is 3.13. The van der Waals surface area contributed by atoms with Gasteiger partial charge < -0.3 is 9.88 Å². The van der Waals surface area contributed by atoms with Crippen molar-refractivity contribution in [2.45, 2.75) is 31.8 Å². The molecule has 0 saturated carbocycles. The number of benzene rings is 2. The van der Waals surface area contributed by atoms with Crippen LogP contribution in [0.5, 0.6) is 0 Å². The van der Waals surface area contributed by atoms with E-state index in [4.69, 9.17) is 0 Å². The van der Waals surface area contributed by atoms with Crippen LogP contribution >= 0.6 is 0 Å². The molecule has 4 aromatic rings. The van der Waals surface area contributed by atoms with E-state index in [1.54, 1.807) is 10.8 Å². The highest BCUT2D eigenvalue weighted by Gasteiger charge is 2.20. The minimum Gasteiger partial charge on any atom is -0.341 e. The molecule has 1 N–H and O–H groups in total. The number of aromatic nitrogens is 3. The highest BCUT2D eigenvalue weighted by molar-refractivity contribution is 7.99. The number of hydrogen-bond donors (Lipinski definition) is 1. The highest BCUT2D eigenvalue weighted by Crippen LogP contribution is 2.27. The zero-order chi connectivity index (χ0) is 24.6. The fraction of sp³-hybridized carbons (Fsp3) is 0.269. The molecule has 4 rings (SSSR count). The lowest BCUT2D eigenvalue weighted by molar-refractivity contribution is 0.502. The van der Waals surface area contributed by atoms with Crippen LogP contribution in [0.25, 0.3) is 10.9 Å². The summed E-state index contributed by atoms with van der Waals surface area (Å²) in [5, 5.41) is 3.87. The Morgan fingerprint density at radius 2 is 1.68 bits per heavy atom. The second kappa shape index (κ2) is 9.02. The molecule has 2 aromatic heterocycles. The maximum absolute atomic E-state index is 13.3. The minimum atomic E-state index is -2.30. The molecule has 0 aliphatic heterocycles. The van der Waals surface area contributed by atoms with E-state index in [9.17, 15) is 13.8 Å². The van der Waals surface area contributed by atoms with Gasteiger partial charge in [-0.3, -0.25) is 18.1 Å². The van der Waals surface area contributed by atoms with Crippen LogP contribution in [0.1, 0.15) is 19.4 Å². The predicted octanol–water partition coefficient (Wildman–Crippen LogP) is 3.65. The van der Waals surface area contributed by atoms with Gasteiger partial charge in [0.05, 0.1) is 5.52 Å². The molecule has 2 aromatic carbocycles. The van der Waals surface area contributed by atoms with E-state index in [0.29, 0.717) is 34.7 Å². The summed E-state index contributed by atoms with van der Waals surface area (Å²) in [5.74, 6) is 4.60. The van der Waals surface area contributed by atoms with Crippen molar-refractivity contribution < 1.29 is 4.21 Å². The van der Waals surface area contributed by atoms with Crippen LogP contribution < -0.4 is 16.6 Å². The Kier molecular flexibility index (Phi) is 6.27. The lowest BCUT2D eigenvalue weighted by Crippen LogP contribution is -2.38. The maximum atomic E-state index is 13.3. The van der Waals surface area contributed by atoms with Gasteiger partial charge in [0.25, 0.3) is 5.56 Å². The predicted molar refractivity (Wildman–Crippen MR) is 141 cm³/mol. The van der Waals surface area contributed by atoms with Crippen LogP contribution in [0.15, 0.2) is 75.3 Å². The molecule has 34 heavy (non-hydrogen) atoms. The molecular weight excluding hydrogens is 448 g/mol. The van der Waals surface area contributed by atoms with E-state index in [1.807, 2.05) is 79.2 Å². The molecule has 0 fully saturated rings. The summed E-state index contributed by atoms with van der Waals surface area (Å²) in [6.07, 6.45) is 3.48. The monoisotopic (exact) mass is 478 g/mol. The molecule has 2 heterocycles. The number of nitrogens with one attached hydrogen (secondary N) is 1. The van der Waals surface area contributed by atoms with Crippen molar-refractivity contribution in [3.63, 3.8) is 0 Å². The minimum absolute atomic E-state index is 0.228. The van der Waals surface area contributed by atoms with Crippen LogP contribution in [0.3, 0.4) is 0 Å². The Labute approximate surface area is 199 Å². The van der Waals surface area contributed by atoms with Gasteiger partial charge in [-0.1, -0.05) is 44.2 Å². The molecule has 0 radical (unpaired) electrons. The molecule has 0 saturated heterocycles. The highest BCUT2D eigenvalue weighted by atomic mass is 32.2. The fourth-order valence-corrected chi connectivity index (χ4v) is 4.75. The van der Waals surface area contributed by atoms with E-state index in [2.05, 4.69) is 11.2 Å². The van der Waals surface area contributed by atoms with Gasteiger partial charge in [-0.05, 0) is 51.1 Å². The smallest absolute Gasteiger partial charge is 0.331 e. The van der Waals surface area contributed by atoms with Crippen LogP contribution in [0.4, 0.5) is 11.5 Å². The van der Waals surface area contributed by atoms with E-state index < -0.39 is 9.52 Å². The zero-order valence-corrected chi connectivity index (χ0v) is 20.8. The summed E-state index contributed by atoms with van der Waals surface area (Å²) >= 11 is 0. The van der Waals surface area contributed by atoms with E-state index >= 15 is 0 Å². The summed E-state index contributed by atoms with van der Waals surface area (Å²) < 4.78 is 17.1. The second-order valence-corrected chi connectivity index (χ2v) is 11.6. The summed E-state index contributed by atoms with van der Waals surface area (Å²) in [7, 11) is -0.777. The standard InChI is InChI=1S/C26H30N4O3S/c1-18(2)15-30-22-17-29(16-19-11-13-21(14-12-19)34(4,5)33)24(27-20-9-7-6-8-10-20)23(22)25(31)28(3)26(30)32/h6-14,17-18,27H,4,15-16H2,1-3,5H3. The SMILES string of the molecule is C=S(C)(=O)c1ccc(Cn2cc3c(c2Nc2ccccc2)c(=O)n(C)c(=O)n3CC(C)C)cc1. The zero-order valence-electron chi connectivity index (χ0n) is 19.9. The van der Waals surface area contributed by atoms with Crippen molar-refractivity contribution in [3.8, 4) is 0 Å². The lowest BCUT2D eigenvalue weighted by atomic mass is 10.2. The Morgan fingerprint density at radius 1 is 1.03 bits per heavy atom. The molecule has 0 bridgehead atoms. The third-order valence-electron chi connectivity index (χ3n) is 5.74. The molecular formula is C26H30N4O3S. The van der Waals surface area contributed by atoms with Crippen LogP contribution in [-0.2, 0) is 29.7 Å². The molecule has 7 nitrogen and oxygen atoms in total. The third kappa shape index (κ3) is 4.59. The number of anilines is 2. The normalized spacial score (nSPS) is 13.3. The molecule has 1 unspecified atom stereocenters. The first-order chi connectivity index (χ1) is 16.1. The second-order valence-electron chi connectivity index (χ2n) is 9.16. The number of fused-ring (bicyclic) bond motifs is 1. The number of rotatable bonds is 7. The van der Waals surface area contributed by atoms with Crippen molar-refractivity contribution in [2.24, 2.45) is 13.0 Å².